The van der Waals surface area contributed by atoms with Crippen molar-refractivity contribution < 1.29 is 8.42 Å². The van der Waals surface area contributed by atoms with E-state index in [0.717, 1.165) is 12.2 Å². The number of aromatic amines is 1. The second kappa shape index (κ2) is 6.91. The predicted molar refractivity (Wildman–Crippen MR) is 83.6 cm³/mol. The summed E-state index contributed by atoms with van der Waals surface area (Å²) in [5.74, 6) is 0. The third kappa shape index (κ3) is 4.54. The van der Waals surface area contributed by atoms with Crippen LogP contribution in [0.2, 0.25) is 0 Å². The molecule has 1 aliphatic carbocycles. The second-order valence-electron chi connectivity index (χ2n) is 5.74. The zero-order valence-electron chi connectivity index (χ0n) is 13.0. The summed E-state index contributed by atoms with van der Waals surface area (Å²) in [6.45, 7) is 5.99. The van der Waals surface area contributed by atoms with Crippen molar-refractivity contribution in [2.45, 2.75) is 50.2 Å². The molecule has 0 amide bonds. The molecular formula is C14H26N4O2S. The quantitative estimate of drug-likeness (QED) is 0.632. The smallest absolute Gasteiger partial charge is 0.242 e. The largest absolute Gasteiger partial charge is 0.363 e. The van der Waals surface area contributed by atoms with Crippen molar-refractivity contribution in [3.05, 3.63) is 18.0 Å². The van der Waals surface area contributed by atoms with Gasteiger partial charge in [0.2, 0.25) is 10.0 Å². The van der Waals surface area contributed by atoms with Gasteiger partial charge in [-0.3, -0.25) is 4.90 Å². The van der Waals surface area contributed by atoms with Crippen molar-refractivity contribution in [2.24, 2.45) is 0 Å². The maximum Gasteiger partial charge on any atom is 0.242 e. The zero-order chi connectivity index (χ0) is 15.5. The van der Waals surface area contributed by atoms with Gasteiger partial charge in [0.25, 0.3) is 0 Å². The lowest BCUT2D eigenvalue weighted by molar-refractivity contribution is 0.248. The van der Waals surface area contributed by atoms with E-state index >= 15 is 0 Å². The van der Waals surface area contributed by atoms with E-state index in [-0.39, 0.29) is 6.04 Å². The molecule has 1 heterocycles. The molecular weight excluding hydrogens is 288 g/mol. The summed E-state index contributed by atoms with van der Waals surface area (Å²) < 4.78 is 27.2. The average molecular weight is 314 g/mol. The van der Waals surface area contributed by atoms with Gasteiger partial charge < -0.3 is 10.3 Å². The van der Waals surface area contributed by atoms with E-state index < -0.39 is 10.0 Å². The fourth-order valence-corrected chi connectivity index (χ4v) is 3.37. The molecule has 0 aliphatic heterocycles. The van der Waals surface area contributed by atoms with Gasteiger partial charge in [0, 0.05) is 37.1 Å². The summed E-state index contributed by atoms with van der Waals surface area (Å²) in [6.07, 6.45) is 3.99. The van der Waals surface area contributed by atoms with E-state index in [0.29, 0.717) is 24.0 Å². The SMILES string of the molecule is CCNCc1cc(S(=O)(=O)NCC(C)N(C)C2CC2)c[nH]1. The van der Waals surface area contributed by atoms with Crippen LogP contribution in [0, 0.1) is 0 Å². The number of nitrogens with zero attached hydrogens (tertiary/aromatic N) is 1. The maximum absolute atomic E-state index is 12.3. The van der Waals surface area contributed by atoms with Gasteiger partial charge in [-0.25, -0.2) is 13.1 Å². The molecule has 1 aromatic heterocycles. The van der Waals surface area contributed by atoms with E-state index in [2.05, 4.69) is 33.9 Å². The van der Waals surface area contributed by atoms with Crippen LogP contribution in [0.15, 0.2) is 17.2 Å². The molecule has 0 saturated heterocycles. The number of likely N-dealkylation sites (N-methyl/N-ethyl adjacent to an activating group) is 1. The van der Waals surface area contributed by atoms with Gasteiger partial charge in [-0.05, 0) is 39.4 Å². The Bertz CT molecular complexity index is 551. The highest BCUT2D eigenvalue weighted by Gasteiger charge is 2.29. The molecule has 6 nitrogen and oxygen atoms in total. The summed E-state index contributed by atoms with van der Waals surface area (Å²) in [4.78, 5) is 5.54. The van der Waals surface area contributed by atoms with Crippen LogP contribution in [0.25, 0.3) is 0 Å². The third-order valence-corrected chi connectivity index (χ3v) is 5.38. The van der Waals surface area contributed by atoms with E-state index in [1.165, 1.54) is 12.8 Å². The van der Waals surface area contributed by atoms with Gasteiger partial charge >= 0.3 is 0 Å². The first-order chi connectivity index (χ1) is 9.94. The molecule has 1 unspecified atom stereocenters. The maximum atomic E-state index is 12.3. The molecule has 1 fully saturated rings. The summed E-state index contributed by atoms with van der Waals surface area (Å²) in [5, 5.41) is 3.16. The molecule has 1 saturated carbocycles. The molecule has 7 heteroatoms. The van der Waals surface area contributed by atoms with Gasteiger partial charge in [-0.15, -0.1) is 0 Å². The number of nitrogens with one attached hydrogen (secondary N) is 3. The first kappa shape index (κ1) is 16.5. The van der Waals surface area contributed by atoms with Crippen LogP contribution in [-0.2, 0) is 16.6 Å². The van der Waals surface area contributed by atoms with E-state index in [9.17, 15) is 8.42 Å². The first-order valence-corrected chi connectivity index (χ1v) is 9.02. The number of rotatable bonds is 9. The molecule has 0 aromatic carbocycles. The number of hydrogen-bond acceptors (Lipinski definition) is 4. The van der Waals surface area contributed by atoms with Crippen LogP contribution in [-0.4, -0.2) is 50.5 Å². The fourth-order valence-electron chi connectivity index (χ4n) is 2.24. The Morgan fingerprint density at radius 1 is 1.48 bits per heavy atom. The Kier molecular flexibility index (Phi) is 5.43. The second-order valence-corrected chi connectivity index (χ2v) is 7.51. The summed E-state index contributed by atoms with van der Waals surface area (Å²) in [7, 11) is -1.38. The Balaban J connectivity index is 1.89. The van der Waals surface area contributed by atoms with Gasteiger partial charge in [0.1, 0.15) is 0 Å². The van der Waals surface area contributed by atoms with Crippen LogP contribution < -0.4 is 10.0 Å². The van der Waals surface area contributed by atoms with Crippen molar-refractivity contribution in [1.82, 2.24) is 19.9 Å². The fraction of sp³-hybridized carbons (Fsp3) is 0.714. The minimum absolute atomic E-state index is 0.201. The Morgan fingerprint density at radius 2 is 2.19 bits per heavy atom. The zero-order valence-corrected chi connectivity index (χ0v) is 13.8. The van der Waals surface area contributed by atoms with Crippen molar-refractivity contribution in [1.29, 1.82) is 0 Å². The molecule has 0 radical (unpaired) electrons. The molecule has 3 N–H and O–H groups in total. The van der Waals surface area contributed by atoms with E-state index in [1.807, 2.05) is 6.92 Å². The summed E-state index contributed by atoms with van der Waals surface area (Å²) >= 11 is 0. The lowest BCUT2D eigenvalue weighted by Crippen LogP contribution is -2.41. The van der Waals surface area contributed by atoms with Gasteiger partial charge in [0.05, 0.1) is 4.90 Å². The molecule has 1 atom stereocenters. The van der Waals surface area contributed by atoms with Crippen LogP contribution in [0.4, 0.5) is 0 Å². The van der Waals surface area contributed by atoms with Gasteiger partial charge in [-0.2, -0.15) is 0 Å². The lowest BCUT2D eigenvalue weighted by atomic mass is 10.3. The van der Waals surface area contributed by atoms with Crippen molar-refractivity contribution in [3.8, 4) is 0 Å². The van der Waals surface area contributed by atoms with Crippen LogP contribution >= 0.6 is 0 Å². The normalized spacial score (nSPS) is 17.3. The molecule has 1 aromatic rings. The number of hydrogen-bond donors (Lipinski definition) is 3. The lowest BCUT2D eigenvalue weighted by Gasteiger charge is -2.24. The average Bonchev–Trinajstić information content (AvgIpc) is 3.19. The minimum atomic E-state index is -3.43. The monoisotopic (exact) mass is 314 g/mol. The van der Waals surface area contributed by atoms with Crippen LogP contribution in [0.3, 0.4) is 0 Å². The summed E-state index contributed by atoms with van der Waals surface area (Å²) in [6, 6.07) is 2.51. The number of aromatic nitrogens is 1. The minimum Gasteiger partial charge on any atom is -0.363 e. The van der Waals surface area contributed by atoms with Crippen LogP contribution in [0.5, 0.6) is 0 Å². The highest BCUT2D eigenvalue weighted by molar-refractivity contribution is 7.89. The summed E-state index contributed by atoms with van der Waals surface area (Å²) in [5.41, 5.74) is 0.875. The third-order valence-electron chi connectivity index (χ3n) is 3.98. The molecule has 120 valence electrons. The highest BCUT2D eigenvalue weighted by Crippen LogP contribution is 2.26. The first-order valence-electron chi connectivity index (χ1n) is 7.53. The van der Waals surface area contributed by atoms with E-state index in [4.69, 9.17) is 0 Å². The van der Waals surface area contributed by atoms with Gasteiger partial charge in [0.15, 0.2) is 0 Å². The molecule has 2 rings (SSSR count). The Morgan fingerprint density at radius 3 is 2.81 bits per heavy atom. The van der Waals surface area contributed by atoms with E-state index in [1.54, 1.807) is 12.3 Å². The molecule has 0 bridgehead atoms. The highest BCUT2D eigenvalue weighted by atomic mass is 32.2. The Hall–Kier alpha value is -0.890. The van der Waals surface area contributed by atoms with Crippen molar-refractivity contribution >= 4 is 10.0 Å². The molecule has 21 heavy (non-hydrogen) atoms. The number of sulfonamides is 1. The van der Waals surface area contributed by atoms with Crippen molar-refractivity contribution in [3.63, 3.8) is 0 Å². The Labute approximate surface area is 127 Å². The molecule has 0 spiro atoms. The van der Waals surface area contributed by atoms with Crippen molar-refractivity contribution in [2.75, 3.05) is 20.1 Å². The van der Waals surface area contributed by atoms with Crippen LogP contribution in [0.1, 0.15) is 32.4 Å². The topological polar surface area (TPSA) is 77.2 Å². The standard InChI is InChI=1S/C14H26N4O2S/c1-4-15-9-12-7-14(10-16-12)21(19,20)17-8-11(2)18(3)13-5-6-13/h7,10-11,13,15-17H,4-6,8-9H2,1-3H3. The van der Waals surface area contributed by atoms with Gasteiger partial charge in [-0.1, -0.05) is 6.92 Å². The predicted octanol–water partition coefficient (Wildman–Crippen LogP) is 0.885. The number of H-pyrrole nitrogens is 1. The molecule has 1 aliphatic rings.